The molecule has 0 unspecified atom stereocenters. The van der Waals surface area contributed by atoms with Crippen LogP contribution in [0.15, 0.2) is 18.2 Å². The van der Waals surface area contributed by atoms with Crippen LogP contribution in [-0.4, -0.2) is 28.5 Å². The van der Waals surface area contributed by atoms with E-state index in [9.17, 15) is 9.90 Å². The van der Waals surface area contributed by atoms with Crippen molar-refractivity contribution in [3.8, 4) is 5.75 Å². The molecule has 1 aromatic rings. The number of fused-ring (bicyclic) bond motifs is 3. The molecule has 0 spiro atoms. The lowest BCUT2D eigenvalue weighted by Gasteiger charge is -2.45. The maximum Gasteiger partial charge on any atom is 0.222 e. The fourth-order valence-corrected chi connectivity index (χ4v) is 3.75. The Balaban J connectivity index is 1.94. The van der Waals surface area contributed by atoms with Crippen molar-refractivity contribution in [2.75, 3.05) is 6.54 Å². The number of likely N-dealkylation sites (tertiary alicyclic amines) is 1. The third-order valence-electron chi connectivity index (χ3n) is 4.64. The fraction of sp³-hybridized carbons (Fsp3) is 0.562. The van der Waals surface area contributed by atoms with Crippen LogP contribution >= 0.6 is 0 Å². The standard InChI is InChI=1S/C16H21NO2/c1-2-16(19)17-9-3-4-13-14-10-12(18)7-5-11(14)6-8-15(13)17/h5,7,10,13,15,18H,2-4,6,8-9H2,1H3/t13-,15-/m1/s1. The number of rotatable bonds is 1. The maximum absolute atomic E-state index is 12.1. The largest absolute Gasteiger partial charge is 0.508 e. The summed E-state index contributed by atoms with van der Waals surface area (Å²) in [5.74, 6) is 1.04. The van der Waals surface area contributed by atoms with Crippen molar-refractivity contribution in [2.24, 2.45) is 0 Å². The van der Waals surface area contributed by atoms with Crippen LogP contribution in [0.1, 0.15) is 49.7 Å². The monoisotopic (exact) mass is 259 g/mol. The highest BCUT2D eigenvalue weighted by atomic mass is 16.3. The number of carbonyl (C=O) groups excluding carboxylic acids is 1. The molecule has 1 N–H and O–H groups in total. The number of aromatic hydroxyl groups is 1. The second-order valence-electron chi connectivity index (χ2n) is 5.68. The van der Waals surface area contributed by atoms with Gasteiger partial charge in [-0.05, 0) is 48.9 Å². The number of hydrogen-bond acceptors (Lipinski definition) is 2. The first-order chi connectivity index (χ1) is 9.20. The van der Waals surface area contributed by atoms with Crippen LogP contribution < -0.4 is 0 Å². The minimum atomic E-state index is 0.276. The molecule has 1 amide bonds. The first-order valence-corrected chi connectivity index (χ1v) is 7.32. The van der Waals surface area contributed by atoms with E-state index < -0.39 is 0 Å². The number of hydrogen-bond donors (Lipinski definition) is 1. The van der Waals surface area contributed by atoms with E-state index >= 15 is 0 Å². The van der Waals surface area contributed by atoms with Crippen LogP contribution in [0.3, 0.4) is 0 Å². The average Bonchev–Trinajstić information content (AvgIpc) is 2.45. The summed E-state index contributed by atoms with van der Waals surface area (Å²) < 4.78 is 0. The second-order valence-corrected chi connectivity index (χ2v) is 5.68. The molecule has 0 saturated carbocycles. The Labute approximate surface area is 114 Å². The molecule has 0 aromatic heterocycles. The lowest BCUT2D eigenvalue weighted by molar-refractivity contribution is -0.135. The molecule has 1 heterocycles. The van der Waals surface area contributed by atoms with Gasteiger partial charge in [0.05, 0.1) is 0 Å². The molecule has 102 valence electrons. The number of piperidine rings is 1. The highest BCUT2D eigenvalue weighted by molar-refractivity contribution is 5.76. The number of amides is 1. The lowest BCUT2D eigenvalue weighted by atomic mass is 9.74. The predicted molar refractivity (Wildman–Crippen MR) is 74.2 cm³/mol. The van der Waals surface area contributed by atoms with Crippen molar-refractivity contribution in [3.63, 3.8) is 0 Å². The fourth-order valence-electron chi connectivity index (χ4n) is 3.75. The Hall–Kier alpha value is -1.51. The summed E-state index contributed by atoms with van der Waals surface area (Å²) in [4.78, 5) is 14.2. The number of carbonyl (C=O) groups is 1. The van der Waals surface area contributed by atoms with Crippen LogP contribution in [-0.2, 0) is 11.2 Å². The highest BCUT2D eigenvalue weighted by Crippen LogP contribution is 2.41. The summed E-state index contributed by atoms with van der Waals surface area (Å²) in [6.07, 6.45) is 4.88. The molecule has 3 heteroatoms. The van der Waals surface area contributed by atoms with E-state index in [1.165, 1.54) is 11.1 Å². The van der Waals surface area contributed by atoms with Gasteiger partial charge in [0.15, 0.2) is 0 Å². The van der Waals surface area contributed by atoms with Crippen molar-refractivity contribution < 1.29 is 9.90 Å². The molecular formula is C16H21NO2. The summed E-state index contributed by atoms with van der Waals surface area (Å²) in [5.41, 5.74) is 2.62. The van der Waals surface area contributed by atoms with E-state index in [-0.39, 0.29) is 5.91 Å². The summed E-state index contributed by atoms with van der Waals surface area (Å²) in [6, 6.07) is 6.07. The minimum absolute atomic E-state index is 0.276. The first kappa shape index (κ1) is 12.5. The Morgan fingerprint density at radius 1 is 1.42 bits per heavy atom. The minimum Gasteiger partial charge on any atom is -0.508 e. The van der Waals surface area contributed by atoms with Gasteiger partial charge in [0.25, 0.3) is 0 Å². The first-order valence-electron chi connectivity index (χ1n) is 7.32. The Morgan fingerprint density at radius 2 is 2.26 bits per heavy atom. The molecule has 0 bridgehead atoms. The van der Waals surface area contributed by atoms with Crippen LogP contribution in [0.4, 0.5) is 0 Å². The Bertz CT molecular complexity index is 498. The average molecular weight is 259 g/mol. The van der Waals surface area contributed by atoms with Gasteiger partial charge in [0, 0.05) is 24.9 Å². The van der Waals surface area contributed by atoms with Gasteiger partial charge >= 0.3 is 0 Å². The molecular weight excluding hydrogens is 238 g/mol. The molecule has 3 rings (SSSR count). The van der Waals surface area contributed by atoms with Gasteiger partial charge in [-0.25, -0.2) is 0 Å². The smallest absolute Gasteiger partial charge is 0.222 e. The van der Waals surface area contributed by atoms with Gasteiger partial charge in [0.1, 0.15) is 5.75 Å². The number of nitrogens with zero attached hydrogens (tertiary/aromatic N) is 1. The lowest BCUT2D eigenvalue weighted by Crippen LogP contribution is -2.49. The SMILES string of the molecule is CCC(=O)N1CCC[C@@H]2c3cc(O)ccc3CC[C@H]21. The Morgan fingerprint density at radius 3 is 3.05 bits per heavy atom. The topological polar surface area (TPSA) is 40.5 Å². The zero-order valence-corrected chi connectivity index (χ0v) is 11.4. The zero-order valence-electron chi connectivity index (χ0n) is 11.4. The third-order valence-corrected chi connectivity index (χ3v) is 4.64. The highest BCUT2D eigenvalue weighted by Gasteiger charge is 2.37. The van der Waals surface area contributed by atoms with E-state index in [2.05, 4.69) is 4.90 Å². The van der Waals surface area contributed by atoms with Crippen molar-refractivity contribution in [2.45, 2.75) is 51.0 Å². The molecule has 1 fully saturated rings. The van der Waals surface area contributed by atoms with Crippen molar-refractivity contribution in [1.29, 1.82) is 0 Å². The molecule has 1 aliphatic heterocycles. The molecule has 3 nitrogen and oxygen atoms in total. The number of benzene rings is 1. The third kappa shape index (κ3) is 2.11. The van der Waals surface area contributed by atoms with Crippen molar-refractivity contribution >= 4 is 5.91 Å². The number of phenols is 1. The van der Waals surface area contributed by atoms with Crippen LogP contribution in [0.5, 0.6) is 5.75 Å². The van der Waals surface area contributed by atoms with Gasteiger partial charge in [0.2, 0.25) is 5.91 Å². The summed E-state index contributed by atoms with van der Waals surface area (Å²) >= 11 is 0. The molecule has 0 radical (unpaired) electrons. The van der Waals surface area contributed by atoms with Gasteiger partial charge in [-0.2, -0.15) is 0 Å². The number of aryl methyl sites for hydroxylation is 1. The maximum atomic E-state index is 12.1. The molecule has 1 aliphatic carbocycles. The van der Waals surface area contributed by atoms with Gasteiger partial charge in [-0.15, -0.1) is 0 Å². The summed E-state index contributed by atoms with van der Waals surface area (Å²) in [5, 5.41) is 9.72. The second kappa shape index (κ2) is 4.87. The van der Waals surface area contributed by atoms with E-state index in [0.717, 1.165) is 32.2 Å². The van der Waals surface area contributed by atoms with E-state index in [1.54, 1.807) is 6.07 Å². The van der Waals surface area contributed by atoms with Crippen molar-refractivity contribution in [1.82, 2.24) is 4.90 Å². The molecule has 2 atom stereocenters. The van der Waals surface area contributed by atoms with Crippen LogP contribution in [0.2, 0.25) is 0 Å². The van der Waals surface area contributed by atoms with E-state index in [0.29, 0.717) is 24.1 Å². The quantitative estimate of drug-likeness (QED) is 0.842. The molecule has 2 aliphatic rings. The van der Waals surface area contributed by atoms with Gasteiger partial charge < -0.3 is 10.0 Å². The zero-order chi connectivity index (χ0) is 13.4. The van der Waals surface area contributed by atoms with E-state index in [4.69, 9.17) is 0 Å². The Kier molecular flexibility index (Phi) is 3.21. The van der Waals surface area contributed by atoms with E-state index in [1.807, 2.05) is 19.1 Å². The molecule has 1 saturated heterocycles. The molecule has 1 aromatic carbocycles. The summed E-state index contributed by atoms with van der Waals surface area (Å²) in [7, 11) is 0. The molecule has 19 heavy (non-hydrogen) atoms. The van der Waals surface area contributed by atoms with Gasteiger partial charge in [-0.1, -0.05) is 13.0 Å². The number of phenolic OH excluding ortho intramolecular Hbond substituents is 1. The predicted octanol–water partition coefficient (Wildman–Crippen LogP) is 2.82. The van der Waals surface area contributed by atoms with Crippen molar-refractivity contribution in [3.05, 3.63) is 29.3 Å². The van der Waals surface area contributed by atoms with Gasteiger partial charge in [-0.3, -0.25) is 4.79 Å². The van der Waals surface area contributed by atoms with Crippen LogP contribution in [0.25, 0.3) is 0 Å². The van der Waals surface area contributed by atoms with Crippen LogP contribution in [0, 0.1) is 0 Å². The normalized spacial score (nSPS) is 25.6. The summed E-state index contributed by atoms with van der Waals surface area (Å²) in [6.45, 7) is 2.84.